The zero-order valence-electron chi connectivity index (χ0n) is 5.94. The van der Waals surface area contributed by atoms with Gasteiger partial charge >= 0.3 is 0 Å². The van der Waals surface area contributed by atoms with E-state index < -0.39 is 0 Å². The number of nitrogens with zero attached hydrogens (tertiary/aromatic N) is 1. The van der Waals surface area contributed by atoms with Crippen LogP contribution in [0.1, 0.15) is 11.3 Å². The van der Waals surface area contributed by atoms with Gasteiger partial charge in [0.05, 0.1) is 0 Å². The fourth-order valence-corrected chi connectivity index (χ4v) is 1.23. The van der Waals surface area contributed by atoms with E-state index >= 15 is 0 Å². The van der Waals surface area contributed by atoms with Crippen LogP contribution >= 0.6 is 45.2 Å². The Balaban J connectivity index is 2.95. The van der Waals surface area contributed by atoms with E-state index in [-0.39, 0.29) is 0 Å². The molecular weight excluding hydrogens is 376 g/mol. The largest absolute Gasteiger partial charge is 0.246 e. The van der Waals surface area contributed by atoms with Crippen LogP contribution in [0.25, 0.3) is 0 Å². The molecule has 0 aromatic carbocycles. The highest BCUT2D eigenvalue weighted by molar-refractivity contribution is 14.1. The summed E-state index contributed by atoms with van der Waals surface area (Å²) in [6, 6.07) is 3.77. The quantitative estimate of drug-likeness (QED) is 0.499. The lowest BCUT2D eigenvalue weighted by molar-refractivity contribution is 1.28. The van der Waals surface area contributed by atoms with Gasteiger partial charge in [0.25, 0.3) is 0 Å². The van der Waals surface area contributed by atoms with Crippen molar-refractivity contribution in [3.8, 4) is 19.7 Å². The zero-order chi connectivity index (χ0) is 8.81. The van der Waals surface area contributed by atoms with E-state index in [1.807, 2.05) is 57.3 Å². The topological polar surface area (TPSA) is 12.9 Å². The third-order valence-corrected chi connectivity index (χ3v) is 1.67. The van der Waals surface area contributed by atoms with Crippen molar-refractivity contribution < 1.29 is 0 Å². The molecule has 0 fully saturated rings. The van der Waals surface area contributed by atoms with Crippen molar-refractivity contribution in [2.75, 3.05) is 0 Å². The summed E-state index contributed by atoms with van der Waals surface area (Å²) in [6.07, 6.45) is 1.72. The van der Waals surface area contributed by atoms with Gasteiger partial charge in [0.15, 0.2) is 0 Å². The lowest BCUT2D eigenvalue weighted by atomic mass is 10.3. The van der Waals surface area contributed by atoms with Gasteiger partial charge < -0.3 is 0 Å². The van der Waals surface area contributed by atoms with Gasteiger partial charge in [-0.05, 0) is 25.9 Å². The maximum Gasteiger partial charge on any atom is 0.114 e. The molecule has 1 nitrogen and oxygen atoms in total. The molecule has 0 saturated heterocycles. The van der Waals surface area contributed by atoms with Crippen molar-refractivity contribution in [2.45, 2.75) is 0 Å². The third-order valence-electron chi connectivity index (χ3n) is 1.13. The minimum atomic E-state index is 0.781. The monoisotopic (exact) mass is 379 g/mol. The van der Waals surface area contributed by atoms with Crippen molar-refractivity contribution in [1.29, 1.82) is 0 Å². The van der Waals surface area contributed by atoms with E-state index in [4.69, 9.17) is 0 Å². The van der Waals surface area contributed by atoms with Gasteiger partial charge in [-0.25, -0.2) is 4.98 Å². The van der Waals surface area contributed by atoms with Crippen LogP contribution in [0, 0.1) is 19.7 Å². The first-order chi connectivity index (χ1) is 5.86. The van der Waals surface area contributed by atoms with Crippen molar-refractivity contribution in [3.05, 3.63) is 29.6 Å². The van der Waals surface area contributed by atoms with Gasteiger partial charge in [0.1, 0.15) is 5.69 Å². The summed E-state index contributed by atoms with van der Waals surface area (Å²) in [6.45, 7) is 0. The van der Waals surface area contributed by atoms with Crippen LogP contribution in [-0.2, 0) is 0 Å². The van der Waals surface area contributed by atoms with E-state index in [0.717, 1.165) is 11.3 Å². The molecular formula is C9H3I2N. The predicted octanol–water partition coefficient (Wildman–Crippen LogP) is 2.57. The Kier molecular flexibility index (Phi) is 4.41. The van der Waals surface area contributed by atoms with Crippen LogP contribution in [0.5, 0.6) is 0 Å². The molecule has 0 saturated carbocycles. The highest BCUT2D eigenvalue weighted by Gasteiger charge is 1.88. The second kappa shape index (κ2) is 5.39. The van der Waals surface area contributed by atoms with Gasteiger partial charge in [-0.3, -0.25) is 0 Å². The van der Waals surface area contributed by atoms with Gasteiger partial charge in [-0.2, -0.15) is 0 Å². The van der Waals surface area contributed by atoms with E-state index in [1.165, 1.54) is 0 Å². The lowest BCUT2D eigenvalue weighted by Gasteiger charge is -1.89. The number of rotatable bonds is 0. The Hall–Kier alpha value is -0.270. The van der Waals surface area contributed by atoms with Crippen LogP contribution in [0.3, 0.4) is 0 Å². The van der Waals surface area contributed by atoms with Crippen molar-refractivity contribution in [2.24, 2.45) is 0 Å². The Bertz CT molecular complexity index is 334. The summed E-state index contributed by atoms with van der Waals surface area (Å²) in [7, 11) is 0. The van der Waals surface area contributed by atoms with E-state index in [2.05, 4.69) is 24.7 Å². The molecule has 0 bridgehead atoms. The maximum atomic E-state index is 4.10. The molecule has 1 heterocycles. The van der Waals surface area contributed by atoms with Crippen LogP contribution in [0.15, 0.2) is 18.3 Å². The molecule has 0 spiro atoms. The molecule has 1 aromatic rings. The first-order valence-corrected chi connectivity index (χ1v) is 5.22. The Labute approximate surface area is 98.6 Å². The Morgan fingerprint density at radius 1 is 1.08 bits per heavy atom. The van der Waals surface area contributed by atoms with Crippen LogP contribution in [-0.4, -0.2) is 4.98 Å². The van der Waals surface area contributed by atoms with Gasteiger partial charge in [-0.1, -0.05) is 5.92 Å². The Morgan fingerprint density at radius 3 is 2.33 bits per heavy atom. The third kappa shape index (κ3) is 3.00. The minimum absolute atomic E-state index is 0.781. The maximum absolute atomic E-state index is 4.10. The second-order valence-corrected chi connectivity index (χ2v) is 2.95. The first-order valence-electron chi connectivity index (χ1n) is 3.06. The minimum Gasteiger partial charge on any atom is -0.246 e. The van der Waals surface area contributed by atoms with E-state index in [1.54, 1.807) is 6.20 Å². The van der Waals surface area contributed by atoms with Crippen molar-refractivity contribution in [3.63, 3.8) is 0 Å². The summed E-state index contributed by atoms with van der Waals surface area (Å²) in [5.41, 5.74) is 1.70. The smallest absolute Gasteiger partial charge is 0.114 e. The fraction of sp³-hybridized carbons (Fsp3) is 0. The highest BCUT2D eigenvalue weighted by Crippen LogP contribution is 1.97. The number of halogens is 2. The normalized spacial score (nSPS) is 7.50. The molecule has 0 amide bonds. The molecule has 58 valence electrons. The summed E-state index contributed by atoms with van der Waals surface area (Å²) in [4.78, 5) is 4.10. The van der Waals surface area contributed by atoms with Crippen LogP contribution in [0.4, 0.5) is 0 Å². The van der Waals surface area contributed by atoms with Gasteiger partial charge in [-0.15, -0.1) is 0 Å². The van der Waals surface area contributed by atoms with Gasteiger partial charge in [0.2, 0.25) is 0 Å². The molecule has 0 aliphatic rings. The number of aromatic nitrogens is 1. The molecule has 12 heavy (non-hydrogen) atoms. The SMILES string of the molecule is IC#Cc1ccc(C#CI)nc1. The number of pyridine rings is 1. The van der Waals surface area contributed by atoms with Gasteiger partial charge in [0, 0.05) is 56.9 Å². The highest BCUT2D eigenvalue weighted by atomic mass is 127. The summed E-state index contributed by atoms with van der Waals surface area (Å²) >= 11 is 3.98. The molecule has 3 heteroatoms. The standard InChI is InChI=1S/C9H3I2N/c10-5-3-8-1-2-9(4-6-11)12-7-8/h1-2,7H. The van der Waals surface area contributed by atoms with Crippen molar-refractivity contribution in [1.82, 2.24) is 4.98 Å². The van der Waals surface area contributed by atoms with Crippen molar-refractivity contribution >= 4 is 45.2 Å². The zero-order valence-corrected chi connectivity index (χ0v) is 10.3. The number of hydrogen-bond donors (Lipinski definition) is 0. The Morgan fingerprint density at radius 2 is 1.83 bits per heavy atom. The second-order valence-electron chi connectivity index (χ2n) is 1.87. The predicted molar refractivity (Wildman–Crippen MR) is 66.0 cm³/mol. The van der Waals surface area contributed by atoms with Crippen LogP contribution in [0.2, 0.25) is 0 Å². The summed E-state index contributed by atoms with van der Waals surface area (Å²) in [5.74, 6) is 5.75. The molecule has 1 rings (SSSR count). The molecule has 0 aliphatic carbocycles. The molecule has 0 N–H and O–H groups in total. The average Bonchev–Trinajstić information content (AvgIpc) is 2.09. The van der Waals surface area contributed by atoms with Crippen LogP contribution < -0.4 is 0 Å². The molecule has 0 radical (unpaired) electrons. The summed E-state index contributed by atoms with van der Waals surface area (Å²) in [5, 5.41) is 0. The van der Waals surface area contributed by atoms with E-state index in [0.29, 0.717) is 0 Å². The molecule has 0 aliphatic heterocycles. The number of hydrogen-bond acceptors (Lipinski definition) is 1. The average molecular weight is 379 g/mol. The molecule has 0 unspecified atom stereocenters. The molecule has 0 atom stereocenters. The summed E-state index contributed by atoms with van der Waals surface area (Å²) < 4.78 is 5.53. The lowest BCUT2D eigenvalue weighted by Crippen LogP contribution is -1.82. The van der Waals surface area contributed by atoms with E-state index in [9.17, 15) is 0 Å². The fourth-order valence-electron chi connectivity index (χ4n) is 0.645. The first kappa shape index (κ1) is 9.82. The molecule has 1 aromatic heterocycles.